The second-order valence-corrected chi connectivity index (χ2v) is 4.76. The van der Waals surface area contributed by atoms with E-state index < -0.39 is 0 Å². The van der Waals surface area contributed by atoms with E-state index in [0.29, 0.717) is 5.56 Å². The molecule has 1 aromatic rings. The van der Waals surface area contributed by atoms with Gasteiger partial charge in [0.05, 0.1) is 11.7 Å². The summed E-state index contributed by atoms with van der Waals surface area (Å²) in [6.07, 6.45) is 4.05. The third-order valence-electron chi connectivity index (χ3n) is 3.51. The number of hydrogen-bond donors (Lipinski definition) is 2. The molecule has 0 aliphatic carbocycles. The number of oxime groups is 1. The number of aromatic nitrogens is 1. The number of rotatable bonds is 3. The van der Waals surface area contributed by atoms with Gasteiger partial charge in [0.1, 0.15) is 5.82 Å². The standard InChI is InChI=1S/C13H20N4O2/c1-9-5-6-15-13(11(9)12(14)16-18)17-7-3-4-10(8-17)19-2/h5-6,10,18H,3-4,7-8H2,1-2H3,(H2,14,16). The Morgan fingerprint density at radius 1 is 1.63 bits per heavy atom. The third kappa shape index (κ3) is 2.78. The van der Waals surface area contributed by atoms with E-state index in [2.05, 4.69) is 15.0 Å². The predicted octanol–water partition coefficient (Wildman–Crippen LogP) is 1.10. The highest BCUT2D eigenvalue weighted by Gasteiger charge is 2.24. The second kappa shape index (κ2) is 5.88. The molecule has 1 fully saturated rings. The lowest BCUT2D eigenvalue weighted by Crippen LogP contribution is -2.41. The first-order valence-corrected chi connectivity index (χ1v) is 6.38. The zero-order valence-corrected chi connectivity index (χ0v) is 11.3. The molecule has 6 nitrogen and oxygen atoms in total. The summed E-state index contributed by atoms with van der Waals surface area (Å²) in [5, 5.41) is 12.0. The highest BCUT2D eigenvalue weighted by molar-refractivity contribution is 6.02. The van der Waals surface area contributed by atoms with E-state index in [1.54, 1.807) is 13.3 Å². The van der Waals surface area contributed by atoms with Crippen LogP contribution in [0.25, 0.3) is 0 Å². The van der Waals surface area contributed by atoms with E-state index in [9.17, 15) is 0 Å². The summed E-state index contributed by atoms with van der Waals surface area (Å²) < 4.78 is 5.42. The molecule has 2 heterocycles. The molecular formula is C13H20N4O2. The first-order valence-electron chi connectivity index (χ1n) is 6.38. The molecule has 0 amide bonds. The molecule has 1 saturated heterocycles. The van der Waals surface area contributed by atoms with Gasteiger partial charge in [-0.3, -0.25) is 0 Å². The highest BCUT2D eigenvalue weighted by atomic mass is 16.5. The van der Waals surface area contributed by atoms with Gasteiger partial charge in [0.15, 0.2) is 5.84 Å². The van der Waals surface area contributed by atoms with Crippen LogP contribution in [0, 0.1) is 6.92 Å². The van der Waals surface area contributed by atoms with E-state index >= 15 is 0 Å². The summed E-state index contributed by atoms with van der Waals surface area (Å²) in [5.74, 6) is 0.859. The molecule has 104 valence electrons. The van der Waals surface area contributed by atoms with Gasteiger partial charge in [0, 0.05) is 26.4 Å². The van der Waals surface area contributed by atoms with Crippen LogP contribution < -0.4 is 10.6 Å². The van der Waals surface area contributed by atoms with Crippen LogP contribution in [-0.2, 0) is 4.74 Å². The van der Waals surface area contributed by atoms with Crippen molar-refractivity contribution in [3.05, 3.63) is 23.4 Å². The molecule has 19 heavy (non-hydrogen) atoms. The zero-order valence-electron chi connectivity index (χ0n) is 11.3. The minimum atomic E-state index is 0.0974. The van der Waals surface area contributed by atoms with Gasteiger partial charge in [-0.15, -0.1) is 0 Å². The van der Waals surface area contributed by atoms with Gasteiger partial charge in [0.2, 0.25) is 0 Å². The molecule has 0 spiro atoms. The lowest BCUT2D eigenvalue weighted by Gasteiger charge is -2.34. The van der Waals surface area contributed by atoms with Crippen LogP contribution in [0.3, 0.4) is 0 Å². The van der Waals surface area contributed by atoms with Gasteiger partial charge in [-0.2, -0.15) is 0 Å². The van der Waals surface area contributed by atoms with E-state index in [1.807, 2.05) is 13.0 Å². The molecule has 1 aliphatic heterocycles. The van der Waals surface area contributed by atoms with Crippen molar-refractivity contribution in [3.63, 3.8) is 0 Å². The molecule has 0 bridgehead atoms. The van der Waals surface area contributed by atoms with Gasteiger partial charge in [-0.1, -0.05) is 5.16 Å². The first-order chi connectivity index (χ1) is 9.17. The summed E-state index contributed by atoms with van der Waals surface area (Å²) in [7, 11) is 1.72. The normalized spacial score (nSPS) is 20.6. The number of hydrogen-bond acceptors (Lipinski definition) is 5. The fraction of sp³-hybridized carbons (Fsp3) is 0.538. The monoisotopic (exact) mass is 264 g/mol. The molecule has 1 aromatic heterocycles. The Morgan fingerprint density at radius 2 is 2.42 bits per heavy atom. The van der Waals surface area contributed by atoms with Crippen molar-refractivity contribution < 1.29 is 9.94 Å². The number of ether oxygens (including phenoxy) is 1. The van der Waals surface area contributed by atoms with Gasteiger partial charge in [0.25, 0.3) is 0 Å². The van der Waals surface area contributed by atoms with Crippen molar-refractivity contribution in [2.45, 2.75) is 25.9 Å². The van der Waals surface area contributed by atoms with Crippen molar-refractivity contribution in [1.29, 1.82) is 0 Å². The van der Waals surface area contributed by atoms with Crippen molar-refractivity contribution in [2.75, 3.05) is 25.1 Å². The summed E-state index contributed by atoms with van der Waals surface area (Å²) in [4.78, 5) is 6.54. The van der Waals surface area contributed by atoms with Crippen LogP contribution in [0.1, 0.15) is 24.0 Å². The van der Waals surface area contributed by atoms with Gasteiger partial charge >= 0.3 is 0 Å². The number of amidine groups is 1. The number of nitrogens with zero attached hydrogens (tertiary/aromatic N) is 3. The van der Waals surface area contributed by atoms with E-state index in [0.717, 1.165) is 37.3 Å². The largest absolute Gasteiger partial charge is 0.409 e. The Morgan fingerprint density at radius 3 is 3.11 bits per heavy atom. The maximum absolute atomic E-state index is 8.93. The number of piperidine rings is 1. The fourth-order valence-corrected chi connectivity index (χ4v) is 2.47. The Labute approximate surface area is 112 Å². The van der Waals surface area contributed by atoms with Crippen molar-refractivity contribution in [1.82, 2.24) is 4.98 Å². The van der Waals surface area contributed by atoms with Crippen molar-refractivity contribution >= 4 is 11.7 Å². The van der Waals surface area contributed by atoms with Crippen LogP contribution in [-0.4, -0.2) is 42.3 Å². The van der Waals surface area contributed by atoms with Gasteiger partial charge in [-0.05, 0) is 31.4 Å². The first kappa shape index (κ1) is 13.6. The third-order valence-corrected chi connectivity index (χ3v) is 3.51. The molecule has 1 aliphatic rings. The molecule has 0 saturated carbocycles. The van der Waals surface area contributed by atoms with Gasteiger partial charge < -0.3 is 20.6 Å². The Kier molecular flexibility index (Phi) is 4.21. The van der Waals surface area contributed by atoms with E-state index in [4.69, 9.17) is 15.7 Å². The van der Waals surface area contributed by atoms with Crippen LogP contribution in [0.2, 0.25) is 0 Å². The van der Waals surface area contributed by atoms with E-state index in [1.165, 1.54) is 0 Å². The molecule has 1 unspecified atom stereocenters. The summed E-state index contributed by atoms with van der Waals surface area (Å²) in [6, 6.07) is 1.86. The minimum Gasteiger partial charge on any atom is -0.409 e. The van der Waals surface area contributed by atoms with Crippen molar-refractivity contribution in [2.24, 2.45) is 10.9 Å². The topological polar surface area (TPSA) is 84.0 Å². The summed E-state index contributed by atoms with van der Waals surface area (Å²) in [5.41, 5.74) is 7.41. The summed E-state index contributed by atoms with van der Waals surface area (Å²) in [6.45, 7) is 3.61. The number of pyridine rings is 1. The molecule has 2 rings (SSSR count). The highest BCUT2D eigenvalue weighted by Crippen LogP contribution is 2.24. The molecule has 6 heteroatoms. The quantitative estimate of drug-likeness (QED) is 0.369. The smallest absolute Gasteiger partial charge is 0.174 e. The molecular weight excluding hydrogens is 244 g/mol. The fourth-order valence-electron chi connectivity index (χ4n) is 2.47. The number of methoxy groups -OCH3 is 1. The SMILES string of the molecule is COC1CCCN(c2nccc(C)c2/C(N)=N/O)C1. The lowest BCUT2D eigenvalue weighted by molar-refractivity contribution is 0.0891. The minimum absolute atomic E-state index is 0.0974. The molecule has 3 N–H and O–H groups in total. The number of aryl methyl sites for hydroxylation is 1. The average Bonchev–Trinajstić information content (AvgIpc) is 2.46. The maximum atomic E-state index is 8.93. The Bertz CT molecular complexity index is 476. The van der Waals surface area contributed by atoms with Gasteiger partial charge in [-0.25, -0.2) is 4.98 Å². The average molecular weight is 264 g/mol. The molecule has 0 radical (unpaired) electrons. The van der Waals surface area contributed by atoms with Crippen LogP contribution >= 0.6 is 0 Å². The molecule has 0 aromatic carbocycles. The lowest BCUT2D eigenvalue weighted by atomic mass is 10.1. The Hall–Kier alpha value is -1.82. The van der Waals surface area contributed by atoms with Crippen molar-refractivity contribution in [3.8, 4) is 0 Å². The van der Waals surface area contributed by atoms with Crippen LogP contribution in [0.4, 0.5) is 5.82 Å². The zero-order chi connectivity index (χ0) is 13.8. The number of nitrogens with two attached hydrogens (primary N) is 1. The summed E-state index contributed by atoms with van der Waals surface area (Å²) >= 11 is 0. The van der Waals surface area contributed by atoms with Crippen LogP contribution in [0.15, 0.2) is 17.4 Å². The maximum Gasteiger partial charge on any atom is 0.174 e. The second-order valence-electron chi connectivity index (χ2n) is 4.76. The predicted molar refractivity (Wildman–Crippen MR) is 73.7 cm³/mol. The number of anilines is 1. The Balaban J connectivity index is 2.36. The molecule has 1 atom stereocenters. The van der Waals surface area contributed by atoms with Crippen LogP contribution in [0.5, 0.6) is 0 Å². The van der Waals surface area contributed by atoms with E-state index in [-0.39, 0.29) is 11.9 Å².